The maximum absolute atomic E-state index is 11.7. The van der Waals surface area contributed by atoms with Crippen LogP contribution >= 0.6 is 0 Å². The summed E-state index contributed by atoms with van der Waals surface area (Å²) in [6.07, 6.45) is 0. The number of hydrogen-bond acceptors (Lipinski definition) is 4. The van der Waals surface area contributed by atoms with Crippen LogP contribution in [0.25, 0.3) is 4.13 Å². The number of sulfonamides is 1. The van der Waals surface area contributed by atoms with Gasteiger partial charge in [0.2, 0.25) is 0 Å². The summed E-state index contributed by atoms with van der Waals surface area (Å²) in [4.78, 5) is 0. The summed E-state index contributed by atoms with van der Waals surface area (Å²) in [5.74, 6) is 0. The molecule has 0 spiro atoms. The van der Waals surface area contributed by atoms with Crippen LogP contribution in [0, 0.1) is 0 Å². The van der Waals surface area contributed by atoms with Gasteiger partial charge >= 0.3 is 56.9 Å². The van der Waals surface area contributed by atoms with Crippen molar-refractivity contribution in [3.05, 3.63) is 4.13 Å². The Bertz CT molecular complexity index is 405. The smallest absolute Gasteiger partial charge is 1.00 e. The van der Waals surface area contributed by atoms with Gasteiger partial charge in [-0.05, 0) is 0 Å². The van der Waals surface area contributed by atoms with Crippen LogP contribution < -0.4 is 51.4 Å². The van der Waals surface area contributed by atoms with Crippen LogP contribution in [0.2, 0.25) is 0 Å². The molecular weight excluding hydrogens is 288 g/mol. The first-order chi connectivity index (χ1) is 5.90. The number of alkyl halides is 3. The molecule has 0 fully saturated rings. The van der Waals surface area contributed by atoms with Crippen molar-refractivity contribution in [1.29, 1.82) is 0 Å². The molecule has 0 aromatic rings. The van der Waals surface area contributed by atoms with E-state index < -0.39 is 25.7 Å². The second-order valence-electron chi connectivity index (χ2n) is 2.26. The number of rotatable bonds is 3. The molecule has 0 aliphatic carbocycles. The quantitative estimate of drug-likeness (QED) is 0.524. The number of halogens is 3. The van der Waals surface area contributed by atoms with Crippen LogP contribution in [0.3, 0.4) is 0 Å². The van der Waals surface area contributed by atoms with Gasteiger partial charge in [-0.1, -0.05) is 0 Å². The van der Waals surface area contributed by atoms with E-state index in [9.17, 15) is 30.0 Å². The topological polar surface area (TPSA) is 85.6 Å². The first-order valence-corrected chi connectivity index (χ1v) is 5.72. The van der Waals surface area contributed by atoms with Crippen molar-refractivity contribution in [2.45, 2.75) is 5.51 Å². The fraction of sp³-hybridized carbons (Fsp3) is 1.00. The maximum Gasteiger partial charge on any atom is 1.00 e. The first kappa shape index (κ1) is 18.6. The molecule has 6 nitrogen and oxygen atoms in total. The molecule has 0 aliphatic rings. The van der Waals surface area contributed by atoms with Gasteiger partial charge < -0.3 is 5.55 Å². The molecule has 0 amide bonds. The van der Waals surface area contributed by atoms with Crippen molar-refractivity contribution >= 4 is 20.2 Å². The zero-order valence-corrected chi connectivity index (χ0v) is 12.7. The van der Waals surface area contributed by atoms with Crippen LogP contribution in [0.5, 0.6) is 0 Å². The van der Waals surface area contributed by atoms with E-state index in [2.05, 4.69) is 0 Å². The summed E-state index contributed by atoms with van der Waals surface area (Å²) in [6, 6.07) is 0. The van der Waals surface area contributed by atoms with E-state index in [0.29, 0.717) is 0 Å². The molecule has 0 aromatic carbocycles. The molecule has 0 N–H and O–H groups in total. The summed E-state index contributed by atoms with van der Waals surface area (Å²) < 4.78 is 78.9. The van der Waals surface area contributed by atoms with Gasteiger partial charge in [0.05, 0.1) is 0 Å². The van der Waals surface area contributed by atoms with Crippen molar-refractivity contribution in [1.82, 2.24) is 4.31 Å². The summed E-state index contributed by atoms with van der Waals surface area (Å²) in [5, 5.41) is 0. The van der Waals surface area contributed by atoms with Gasteiger partial charge in [0.25, 0.3) is 0 Å². The minimum absolute atomic E-state index is 0. The molecule has 15 heavy (non-hydrogen) atoms. The van der Waals surface area contributed by atoms with Gasteiger partial charge in [0.1, 0.15) is 10.2 Å². The van der Waals surface area contributed by atoms with Crippen molar-refractivity contribution in [2.24, 2.45) is 0 Å². The SMILES string of the molecule is CN(C)S(=O)(=O)[N-]S(=O)(=O)C(F)(F)F.[H-].[K+]. The standard InChI is InChI=1S/C3H6F3N2O4S2.K.H/c1-8(2)14(11,12)7-13(9,10)3(4,5)6;;/h1-2H3;;/q-1;+1;-1. The zero-order valence-electron chi connectivity index (χ0n) is 8.98. The third-order valence-electron chi connectivity index (χ3n) is 0.946. The normalized spacial score (nSPS) is 13.7. The molecule has 0 atom stereocenters. The van der Waals surface area contributed by atoms with Crippen LogP contribution in [0.4, 0.5) is 13.2 Å². The van der Waals surface area contributed by atoms with E-state index in [4.69, 9.17) is 0 Å². The van der Waals surface area contributed by atoms with Crippen molar-refractivity contribution < 1.29 is 82.8 Å². The van der Waals surface area contributed by atoms with E-state index in [1.54, 1.807) is 4.13 Å². The van der Waals surface area contributed by atoms with Gasteiger partial charge in [0.15, 0.2) is 10.0 Å². The Labute approximate surface area is 129 Å². The second-order valence-corrected chi connectivity index (χ2v) is 5.89. The second kappa shape index (κ2) is 5.73. The average molecular weight is 295 g/mol. The Morgan fingerprint density at radius 3 is 1.67 bits per heavy atom. The molecular formula is C3H7F3KN2O4S2-. The summed E-state index contributed by atoms with van der Waals surface area (Å²) in [7, 11) is -9.09. The average Bonchev–Trinajstić information content (AvgIpc) is 1.80. The van der Waals surface area contributed by atoms with Gasteiger partial charge in [-0.15, -0.1) is 0 Å². The maximum atomic E-state index is 11.7. The van der Waals surface area contributed by atoms with E-state index in [1.807, 2.05) is 0 Å². The Kier molecular flexibility index (Phi) is 7.10. The van der Waals surface area contributed by atoms with Gasteiger partial charge in [-0.2, -0.15) is 13.2 Å². The van der Waals surface area contributed by atoms with E-state index in [1.165, 1.54) is 0 Å². The Morgan fingerprint density at radius 2 is 1.47 bits per heavy atom. The summed E-state index contributed by atoms with van der Waals surface area (Å²) in [6.45, 7) is 0. The molecule has 0 heterocycles. The Hall–Kier alpha value is 1.25. The van der Waals surface area contributed by atoms with Crippen molar-refractivity contribution in [3.8, 4) is 0 Å². The van der Waals surface area contributed by atoms with Crippen LogP contribution in [0.1, 0.15) is 1.43 Å². The summed E-state index contributed by atoms with van der Waals surface area (Å²) in [5.41, 5.74) is -5.71. The molecule has 0 aliphatic heterocycles. The predicted octanol–water partition coefficient (Wildman–Crippen LogP) is -2.87. The fourth-order valence-corrected chi connectivity index (χ4v) is 2.10. The molecule has 0 saturated carbocycles. The minimum Gasteiger partial charge on any atom is -1.00 e. The fourth-order valence-electron chi connectivity index (χ4n) is 0.233. The molecule has 0 bridgehead atoms. The van der Waals surface area contributed by atoms with Crippen LogP contribution in [-0.2, 0) is 20.2 Å². The van der Waals surface area contributed by atoms with Crippen molar-refractivity contribution in [3.63, 3.8) is 0 Å². The van der Waals surface area contributed by atoms with Gasteiger partial charge in [-0.3, -0.25) is 0 Å². The first-order valence-electron chi connectivity index (χ1n) is 2.88. The molecule has 88 valence electrons. The van der Waals surface area contributed by atoms with Crippen LogP contribution in [0.15, 0.2) is 0 Å². The largest absolute Gasteiger partial charge is 1.00 e. The third-order valence-corrected chi connectivity index (χ3v) is 3.99. The third kappa shape index (κ3) is 5.41. The summed E-state index contributed by atoms with van der Waals surface area (Å²) >= 11 is 0. The van der Waals surface area contributed by atoms with Gasteiger partial charge in [0, 0.05) is 14.1 Å². The molecule has 0 saturated heterocycles. The van der Waals surface area contributed by atoms with Gasteiger partial charge in [-0.25, -0.2) is 21.1 Å². The number of hydrogen-bond donors (Lipinski definition) is 0. The van der Waals surface area contributed by atoms with E-state index >= 15 is 0 Å². The molecule has 0 radical (unpaired) electrons. The Morgan fingerprint density at radius 1 is 1.13 bits per heavy atom. The monoisotopic (exact) mass is 295 g/mol. The number of nitrogens with zero attached hydrogens (tertiary/aromatic N) is 2. The molecule has 0 unspecified atom stereocenters. The van der Waals surface area contributed by atoms with Crippen LogP contribution in [-0.4, -0.2) is 40.7 Å². The minimum atomic E-state index is -6.01. The molecule has 0 rings (SSSR count). The van der Waals surface area contributed by atoms with E-state index in [0.717, 1.165) is 14.1 Å². The van der Waals surface area contributed by atoms with E-state index in [-0.39, 0.29) is 57.1 Å². The Balaban J connectivity index is -0.000000845. The predicted molar refractivity (Wildman–Crippen MR) is 42.1 cm³/mol. The zero-order chi connectivity index (χ0) is 11.8. The molecule has 0 aromatic heterocycles. The van der Waals surface area contributed by atoms with Crippen molar-refractivity contribution in [2.75, 3.05) is 14.1 Å². The molecule has 12 heteroatoms.